The van der Waals surface area contributed by atoms with Crippen LogP contribution in [-0.2, 0) is 4.79 Å². The van der Waals surface area contributed by atoms with E-state index in [1.807, 2.05) is 6.92 Å². The van der Waals surface area contributed by atoms with Gasteiger partial charge in [0.25, 0.3) is 0 Å². The number of rotatable bonds is 5. The van der Waals surface area contributed by atoms with Crippen LogP contribution in [0.5, 0.6) is 0 Å². The predicted octanol–water partition coefficient (Wildman–Crippen LogP) is 1.66. The van der Waals surface area contributed by atoms with E-state index in [0.717, 1.165) is 18.6 Å². The maximum absolute atomic E-state index is 12.7. The van der Waals surface area contributed by atoms with Gasteiger partial charge in [0, 0.05) is 6.54 Å². The molecule has 1 atom stereocenters. The summed E-state index contributed by atoms with van der Waals surface area (Å²) in [6, 6.07) is 3.20. The van der Waals surface area contributed by atoms with Crippen molar-refractivity contribution in [3.8, 4) is 0 Å². The predicted molar refractivity (Wildman–Crippen MR) is 63.6 cm³/mol. The van der Waals surface area contributed by atoms with Gasteiger partial charge in [-0.05, 0) is 24.1 Å². The number of nitrogens with one attached hydrogen (secondary N) is 2. The van der Waals surface area contributed by atoms with Crippen molar-refractivity contribution in [2.45, 2.75) is 19.4 Å². The van der Waals surface area contributed by atoms with Crippen molar-refractivity contribution in [1.29, 1.82) is 0 Å². The lowest BCUT2D eigenvalue weighted by atomic mass is 10.1. The summed E-state index contributed by atoms with van der Waals surface area (Å²) in [5, 5.41) is 13.9. The van der Waals surface area contributed by atoms with E-state index in [4.69, 9.17) is 5.11 Å². The van der Waals surface area contributed by atoms with Gasteiger partial charge in [0.1, 0.15) is 5.82 Å². The fraction of sp³-hybridized carbons (Fsp3) is 0.333. The first kappa shape index (κ1) is 14.0. The minimum atomic E-state index is -1.20. The molecule has 0 aliphatic carbocycles. The van der Waals surface area contributed by atoms with E-state index in [9.17, 15) is 14.0 Å². The summed E-state index contributed by atoms with van der Waals surface area (Å²) in [4.78, 5) is 22.5. The van der Waals surface area contributed by atoms with Crippen molar-refractivity contribution < 1.29 is 19.1 Å². The molecule has 0 saturated heterocycles. The Labute approximate surface area is 104 Å². The summed E-state index contributed by atoms with van der Waals surface area (Å²) in [6.45, 7) is 2.34. The molecule has 0 aromatic heterocycles. The lowest BCUT2D eigenvalue weighted by Crippen LogP contribution is -2.41. The van der Waals surface area contributed by atoms with Crippen LogP contribution in [-0.4, -0.2) is 23.7 Å². The fourth-order valence-corrected chi connectivity index (χ4v) is 1.36. The van der Waals surface area contributed by atoms with Crippen LogP contribution in [0.4, 0.5) is 9.18 Å². The molecule has 3 N–H and O–H groups in total. The second kappa shape index (κ2) is 6.58. The molecule has 0 radical (unpaired) electrons. The molecule has 1 aromatic carbocycles. The molecule has 2 amide bonds. The largest absolute Gasteiger partial charge is 0.479 e. The average Bonchev–Trinajstić information content (AvgIpc) is 2.34. The number of hydrogen-bond donors (Lipinski definition) is 3. The van der Waals surface area contributed by atoms with Gasteiger partial charge in [0.15, 0.2) is 6.04 Å². The zero-order valence-electron chi connectivity index (χ0n) is 9.94. The summed E-state index contributed by atoms with van der Waals surface area (Å²) >= 11 is 0. The average molecular weight is 254 g/mol. The van der Waals surface area contributed by atoms with E-state index < -0.39 is 23.9 Å². The van der Waals surface area contributed by atoms with Gasteiger partial charge in [-0.3, -0.25) is 0 Å². The molecule has 0 fully saturated rings. The maximum Gasteiger partial charge on any atom is 0.330 e. The quantitative estimate of drug-likeness (QED) is 0.747. The third-order valence-corrected chi connectivity index (χ3v) is 2.26. The van der Waals surface area contributed by atoms with Crippen LogP contribution in [0.1, 0.15) is 24.9 Å². The third-order valence-electron chi connectivity index (χ3n) is 2.26. The second-order valence-electron chi connectivity index (χ2n) is 3.72. The van der Waals surface area contributed by atoms with E-state index in [1.54, 1.807) is 0 Å². The number of hydrogen-bond acceptors (Lipinski definition) is 2. The molecular formula is C12H15FN2O3. The Bertz CT molecular complexity index is 420. The van der Waals surface area contributed by atoms with Crippen LogP contribution in [0, 0.1) is 5.82 Å². The highest BCUT2D eigenvalue weighted by Gasteiger charge is 2.21. The van der Waals surface area contributed by atoms with Crippen molar-refractivity contribution in [2.24, 2.45) is 0 Å². The van der Waals surface area contributed by atoms with Gasteiger partial charge in [-0.25, -0.2) is 14.0 Å². The van der Waals surface area contributed by atoms with Gasteiger partial charge in [-0.1, -0.05) is 19.1 Å². The van der Waals surface area contributed by atoms with E-state index in [1.165, 1.54) is 12.1 Å². The number of carbonyl (C=O) groups excluding carboxylic acids is 1. The molecule has 0 spiro atoms. The highest BCUT2D eigenvalue weighted by Crippen LogP contribution is 2.13. The van der Waals surface area contributed by atoms with Crippen molar-refractivity contribution in [2.75, 3.05) is 6.54 Å². The first-order valence-electron chi connectivity index (χ1n) is 5.57. The SMILES string of the molecule is CCCNC(=O)NC(C(=O)O)c1ccc(F)cc1. The molecule has 0 bridgehead atoms. The monoisotopic (exact) mass is 254 g/mol. The smallest absolute Gasteiger partial charge is 0.330 e. The Morgan fingerprint density at radius 2 is 1.94 bits per heavy atom. The molecule has 0 saturated carbocycles. The lowest BCUT2D eigenvalue weighted by Gasteiger charge is -2.15. The summed E-state index contributed by atoms with van der Waals surface area (Å²) in [5.74, 6) is -1.66. The Balaban J connectivity index is 2.74. The molecule has 1 aromatic rings. The van der Waals surface area contributed by atoms with Gasteiger partial charge in [-0.15, -0.1) is 0 Å². The molecule has 98 valence electrons. The number of urea groups is 1. The van der Waals surface area contributed by atoms with Gasteiger partial charge < -0.3 is 15.7 Å². The van der Waals surface area contributed by atoms with Crippen LogP contribution in [0.3, 0.4) is 0 Å². The molecule has 0 aliphatic heterocycles. The Hall–Kier alpha value is -2.11. The minimum absolute atomic E-state index is 0.315. The molecule has 6 heteroatoms. The number of carbonyl (C=O) groups is 2. The van der Waals surface area contributed by atoms with Crippen LogP contribution in [0.25, 0.3) is 0 Å². The summed E-state index contributed by atoms with van der Waals surface area (Å²) in [5.41, 5.74) is 0.315. The van der Waals surface area contributed by atoms with Crippen LogP contribution < -0.4 is 10.6 Å². The first-order valence-corrected chi connectivity index (χ1v) is 5.57. The van der Waals surface area contributed by atoms with Crippen molar-refractivity contribution >= 4 is 12.0 Å². The standard InChI is InChI=1S/C12H15FN2O3/c1-2-7-14-12(18)15-10(11(16)17)8-3-5-9(13)6-4-8/h3-6,10H,2,7H2,1H3,(H,16,17)(H2,14,15,18). The molecule has 0 heterocycles. The van der Waals surface area contributed by atoms with Crippen molar-refractivity contribution in [3.63, 3.8) is 0 Å². The van der Waals surface area contributed by atoms with E-state index in [0.29, 0.717) is 12.1 Å². The Kier molecular flexibility index (Phi) is 5.10. The van der Waals surface area contributed by atoms with Crippen LogP contribution >= 0.6 is 0 Å². The molecule has 18 heavy (non-hydrogen) atoms. The van der Waals surface area contributed by atoms with Gasteiger partial charge in [-0.2, -0.15) is 0 Å². The summed E-state index contributed by atoms with van der Waals surface area (Å²) < 4.78 is 12.7. The topological polar surface area (TPSA) is 78.4 Å². The van der Waals surface area contributed by atoms with E-state index >= 15 is 0 Å². The number of benzene rings is 1. The highest BCUT2D eigenvalue weighted by molar-refractivity contribution is 5.83. The Morgan fingerprint density at radius 1 is 1.33 bits per heavy atom. The zero-order chi connectivity index (χ0) is 13.5. The summed E-state index contributed by atoms with van der Waals surface area (Å²) in [6.07, 6.45) is 0.752. The normalized spacial score (nSPS) is 11.7. The molecule has 0 aliphatic rings. The first-order chi connectivity index (χ1) is 8.54. The van der Waals surface area contributed by atoms with Crippen LogP contribution in [0.15, 0.2) is 24.3 Å². The second-order valence-corrected chi connectivity index (χ2v) is 3.72. The van der Waals surface area contributed by atoms with Crippen molar-refractivity contribution in [1.82, 2.24) is 10.6 Å². The molecule has 5 nitrogen and oxygen atoms in total. The minimum Gasteiger partial charge on any atom is -0.479 e. The van der Waals surface area contributed by atoms with Gasteiger partial charge in [0.2, 0.25) is 0 Å². The van der Waals surface area contributed by atoms with E-state index in [-0.39, 0.29) is 0 Å². The number of amides is 2. The third kappa shape index (κ3) is 4.04. The number of aliphatic carboxylic acids is 1. The number of carboxylic acid groups (broad SMARTS) is 1. The summed E-state index contributed by atoms with van der Waals surface area (Å²) in [7, 11) is 0. The molecular weight excluding hydrogens is 239 g/mol. The fourth-order valence-electron chi connectivity index (χ4n) is 1.36. The number of halogens is 1. The van der Waals surface area contributed by atoms with Gasteiger partial charge >= 0.3 is 12.0 Å². The van der Waals surface area contributed by atoms with Crippen molar-refractivity contribution in [3.05, 3.63) is 35.6 Å². The molecule has 1 rings (SSSR count). The van der Waals surface area contributed by atoms with E-state index in [2.05, 4.69) is 10.6 Å². The number of carboxylic acids is 1. The van der Waals surface area contributed by atoms with Crippen LogP contribution in [0.2, 0.25) is 0 Å². The molecule has 1 unspecified atom stereocenters. The lowest BCUT2D eigenvalue weighted by molar-refractivity contribution is -0.139. The zero-order valence-corrected chi connectivity index (χ0v) is 9.94. The van der Waals surface area contributed by atoms with Gasteiger partial charge in [0.05, 0.1) is 0 Å². The highest BCUT2D eigenvalue weighted by atomic mass is 19.1. The Morgan fingerprint density at radius 3 is 2.44 bits per heavy atom. The maximum atomic E-state index is 12.7.